The highest BCUT2D eigenvalue weighted by Gasteiger charge is 2.41. The summed E-state index contributed by atoms with van der Waals surface area (Å²) in [5.74, 6) is 0. The maximum atomic E-state index is 6.28. The molecule has 0 bridgehead atoms. The summed E-state index contributed by atoms with van der Waals surface area (Å²) in [5.41, 5.74) is 5.12. The molecular weight excluding hydrogens is 438 g/mol. The number of halogens is 1. The number of aryl methyl sites for hydroxylation is 1. The molecular formula is C25H22ClN5S. The Morgan fingerprint density at radius 2 is 1.81 bits per heavy atom. The van der Waals surface area contributed by atoms with Crippen molar-refractivity contribution in [1.82, 2.24) is 24.8 Å². The van der Waals surface area contributed by atoms with Gasteiger partial charge in [-0.2, -0.15) is 0 Å². The molecule has 32 heavy (non-hydrogen) atoms. The summed E-state index contributed by atoms with van der Waals surface area (Å²) in [7, 11) is 0. The summed E-state index contributed by atoms with van der Waals surface area (Å²) in [4.78, 5) is 11.4. The van der Waals surface area contributed by atoms with E-state index in [4.69, 9.17) is 23.8 Å². The molecule has 0 unspecified atom stereocenters. The molecule has 1 fully saturated rings. The molecule has 160 valence electrons. The van der Waals surface area contributed by atoms with Crippen molar-refractivity contribution in [2.45, 2.75) is 25.6 Å². The van der Waals surface area contributed by atoms with Crippen LogP contribution >= 0.6 is 23.8 Å². The molecule has 0 radical (unpaired) electrons. The summed E-state index contributed by atoms with van der Waals surface area (Å²) >= 11 is 12.1. The number of nitrogens with zero attached hydrogens (tertiary/aromatic N) is 4. The zero-order chi connectivity index (χ0) is 22.1. The maximum Gasteiger partial charge on any atom is 0.170 e. The zero-order valence-electron chi connectivity index (χ0n) is 17.5. The first-order valence-corrected chi connectivity index (χ1v) is 11.2. The highest BCUT2D eigenvalue weighted by molar-refractivity contribution is 7.80. The lowest BCUT2D eigenvalue weighted by atomic mass is 10.0. The molecule has 5 rings (SSSR count). The van der Waals surface area contributed by atoms with Crippen LogP contribution in [0, 0.1) is 6.92 Å². The number of benzene rings is 1. The second-order valence-electron chi connectivity index (χ2n) is 7.81. The Morgan fingerprint density at radius 1 is 1.00 bits per heavy atom. The van der Waals surface area contributed by atoms with Crippen LogP contribution in [0.1, 0.15) is 34.7 Å². The third-order valence-electron chi connectivity index (χ3n) is 5.76. The Morgan fingerprint density at radius 3 is 2.53 bits per heavy atom. The average molecular weight is 460 g/mol. The van der Waals surface area contributed by atoms with Crippen molar-refractivity contribution in [3.8, 4) is 5.69 Å². The monoisotopic (exact) mass is 459 g/mol. The van der Waals surface area contributed by atoms with E-state index in [0.717, 1.165) is 33.4 Å². The molecule has 7 heteroatoms. The fourth-order valence-corrected chi connectivity index (χ4v) is 4.64. The van der Waals surface area contributed by atoms with Crippen molar-refractivity contribution in [2.24, 2.45) is 0 Å². The second kappa shape index (κ2) is 8.73. The van der Waals surface area contributed by atoms with Gasteiger partial charge < -0.3 is 14.8 Å². The van der Waals surface area contributed by atoms with E-state index < -0.39 is 0 Å². The minimum absolute atomic E-state index is 0.0645. The molecule has 1 aliphatic rings. The van der Waals surface area contributed by atoms with E-state index in [1.807, 2.05) is 67.8 Å². The average Bonchev–Trinajstić information content (AvgIpc) is 3.42. The van der Waals surface area contributed by atoms with E-state index in [1.165, 1.54) is 0 Å². The lowest BCUT2D eigenvalue weighted by Gasteiger charge is -2.28. The number of aromatic nitrogens is 3. The predicted octanol–water partition coefficient (Wildman–Crippen LogP) is 5.40. The molecule has 4 aromatic rings. The van der Waals surface area contributed by atoms with Crippen LogP contribution in [0.3, 0.4) is 0 Å². The van der Waals surface area contributed by atoms with Gasteiger partial charge in [0.1, 0.15) is 0 Å². The number of nitrogens with one attached hydrogen (secondary N) is 1. The van der Waals surface area contributed by atoms with Crippen LogP contribution < -0.4 is 5.32 Å². The first kappa shape index (κ1) is 20.7. The molecule has 0 amide bonds. The van der Waals surface area contributed by atoms with Crippen molar-refractivity contribution in [2.75, 3.05) is 0 Å². The number of pyridine rings is 2. The van der Waals surface area contributed by atoms with Gasteiger partial charge in [0.25, 0.3) is 0 Å². The van der Waals surface area contributed by atoms with Gasteiger partial charge in [0.05, 0.1) is 30.0 Å². The van der Waals surface area contributed by atoms with Crippen LogP contribution in [0.15, 0.2) is 85.3 Å². The summed E-state index contributed by atoms with van der Waals surface area (Å²) < 4.78 is 2.20. The minimum atomic E-state index is -0.0885. The second-order valence-corrected chi connectivity index (χ2v) is 8.61. The van der Waals surface area contributed by atoms with Crippen molar-refractivity contribution < 1.29 is 0 Å². The number of thiocarbonyl (C=S) groups is 1. The molecule has 1 N–H and O–H groups in total. The quantitative estimate of drug-likeness (QED) is 0.405. The first-order valence-electron chi connectivity index (χ1n) is 10.4. The van der Waals surface area contributed by atoms with Gasteiger partial charge >= 0.3 is 0 Å². The standard InChI is InChI=1S/C25H22ClN5S/c1-17-15-19(10-11-20(17)26)30-14-6-9-22(30)24-23(21-8-3-5-13-28-21)29-25(32)31(24)16-18-7-2-4-12-27-18/h2-15,23-24H,16H2,1H3,(H,29,32)/t23-,24+/m0/s1. The third kappa shape index (κ3) is 3.87. The molecule has 3 aromatic heterocycles. The molecule has 5 nitrogen and oxygen atoms in total. The van der Waals surface area contributed by atoms with Crippen LogP contribution in [0.4, 0.5) is 0 Å². The van der Waals surface area contributed by atoms with Gasteiger partial charge in [-0.05, 0) is 79.3 Å². The SMILES string of the molecule is Cc1cc(-n2cccc2[C@@H]2[C@H](c3ccccn3)NC(=S)N2Cc2ccccn2)ccc1Cl. The van der Waals surface area contributed by atoms with Crippen LogP contribution in [0.5, 0.6) is 0 Å². The van der Waals surface area contributed by atoms with Gasteiger partial charge in [-0.3, -0.25) is 9.97 Å². The molecule has 2 atom stereocenters. The van der Waals surface area contributed by atoms with Crippen molar-refractivity contribution in [3.63, 3.8) is 0 Å². The maximum absolute atomic E-state index is 6.28. The minimum Gasteiger partial charge on any atom is -0.352 e. The highest BCUT2D eigenvalue weighted by atomic mass is 35.5. The lowest BCUT2D eigenvalue weighted by Crippen LogP contribution is -2.30. The highest BCUT2D eigenvalue weighted by Crippen LogP contribution is 2.40. The molecule has 1 aromatic carbocycles. The van der Waals surface area contributed by atoms with Gasteiger partial charge in [-0.1, -0.05) is 23.7 Å². The van der Waals surface area contributed by atoms with Crippen molar-refractivity contribution in [1.29, 1.82) is 0 Å². The summed E-state index contributed by atoms with van der Waals surface area (Å²) in [6, 6.07) is 22.1. The third-order valence-corrected chi connectivity index (χ3v) is 6.54. The van der Waals surface area contributed by atoms with E-state index in [1.54, 1.807) is 0 Å². The van der Waals surface area contributed by atoms with Gasteiger partial charge in [0.2, 0.25) is 0 Å². The lowest BCUT2D eigenvalue weighted by molar-refractivity contribution is 0.299. The molecule has 0 spiro atoms. The normalized spacial score (nSPS) is 18.1. The van der Waals surface area contributed by atoms with E-state index in [-0.39, 0.29) is 12.1 Å². The smallest absolute Gasteiger partial charge is 0.170 e. The Balaban J connectivity index is 1.61. The van der Waals surface area contributed by atoms with Gasteiger partial charge in [0, 0.05) is 35.0 Å². The van der Waals surface area contributed by atoms with E-state index in [0.29, 0.717) is 11.7 Å². The summed E-state index contributed by atoms with van der Waals surface area (Å²) in [5, 5.41) is 4.96. The topological polar surface area (TPSA) is 46.0 Å². The predicted molar refractivity (Wildman–Crippen MR) is 131 cm³/mol. The Hall–Kier alpha value is -3.22. The number of hydrogen-bond acceptors (Lipinski definition) is 3. The molecule has 1 saturated heterocycles. The van der Waals surface area contributed by atoms with Crippen molar-refractivity contribution >= 4 is 28.9 Å². The van der Waals surface area contributed by atoms with Crippen LogP contribution in [-0.4, -0.2) is 24.5 Å². The van der Waals surface area contributed by atoms with E-state index in [2.05, 4.69) is 49.1 Å². The van der Waals surface area contributed by atoms with Gasteiger partial charge in [0.15, 0.2) is 5.11 Å². The van der Waals surface area contributed by atoms with Crippen LogP contribution in [0.2, 0.25) is 5.02 Å². The number of hydrogen-bond donors (Lipinski definition) is 1. The fraction of sp³-hybridized carbons (Fsp3) is 0.160. The Kier molecular flexibility index (Phi) is 5.64. The largest absolute Gasteiger partial charge is 0.352 e. The number of rotatable bonds is 5. The zero-order valence-corrected chi connectivity index (χ0v) is 19.1. The molecule has 0 saturated carbocycles. The Labute approximate surface area is 197 Å². The van der Waals surface area contributed by atoms with Crippen LogP contribution in [0.25, 0.3) is 5.69 Å². The summed E-state index contributed by atoms with van der Waals surface area (Å²) in [6.45, 7) is 2.62. The van der Waals surface area contributed by atoms with E-state index >= 15 is 0 Å². The molecule has 1 aliphatic heterocycles. The Bertz CT molecular complexity index is 1240. The van der Waals surface area contributed by atoms with Crippen LogP contribution in [-0.2, 0) is 6.54 Å². The van der Waals surface area contributed by atoms with Gasteiger partial charge in [-0.15, -0.1) is 0 Å². The summed E-state index contributed by atoms with van der Waals surface area (Å²) in [6.07, 6.45) is 5.71. The fourth-order valence-electron chi connectivity index (χ4n) is 4.21. The van der Waals surface area contributed by atoms with E-state index in [9.17, 15) is 0 Å². The molecule has 0 aliphatic carbocycles. The molecule has 4 heterocycles. The van der Waals surface area contributed by atoms with Crippen molar-refractivity contribution in [3.05, 3.63) is 113 Å². The first-order chi connectivity index (χ1) is 15.6. The van der Waals surface area contributed by atoms with Gasteiger partial charge in [-0.25, -0.2) is 0 Å².